The Morgan fingerprint density at radius 3 is 2.36 bits per heavy atom. The highest BCUT2D eigenvalue weighted by atomic mass is 19.1. The van der Waals surface area contributed by atoms with Crippen molar-refractivity contribution in [1.29, 1.82) is 0 Å². The number of carbonyl (C=O) groups excluding carboxylic acids is 2. The van der Waals surface area contributed by atoms with Crippen molar-refractivity contribution in [2.45, 2.75) is 19.9 Å². The normalized spacial score (nSPS) is 13.0. The number of hydrogen-bond acceptors (Lipinski definition) is 2. The first-order valence-electron chi connectivity index (χ1n) is 8.11. The Kier molecular flexibility index (Phi) is 6.25. The summed E-state index contributed by atoms with van der Waals surface area (Å²) >= 11 is 0. The van der Waals surface area contributed by atoms with Gasteiger partial charge in [0.05, 0.1) is 12.7 Å². The average molecular weight is 344 g/mol. The van der Waals surface area contributed by atoms with Gasteiger partial charge in [0.15, 0.2) is 12.6 Å². The molecule has 1 unspecified atom stereocenters. The maximum absolute atomic E-state index is 13.6. The SMILES string of the molecule is Cc1ccc(NC(=O)C[NH+](C)[C@@H](C)C(=O)Nc2ccccc2F)cc1. The molecule has 3 N–H and O–H groups in total. The second kappa shape index (κ2) is 8.39. The number of amides is 2. The molecule has 2 aromatic rings. The predicted octanol–water partition coefficient (Wildman–Crippen LogP) is 1.61. The van der Waals surface area contributed by atoms with Crippen molar-refractivity contribution < 1.29 is 18.9 Å². The summed E-state index contributed by atoms with van der Waals surface area (Å²) in [5, 5.41) is 5.35. The highest BCUT2D eigenvalue weighted by Gasteiger charge is 2.24. The fraction of sp³-hybridized carbons (Fsp3) is 0.263. The second-order valence-electron chi connectivity index (χ2n) is 6.13. The number of quaternary nitrogens is 1. The molecule has 0 aromatic heterocycles. The highest BCUT2D eigenvalue weighted by Crippen LogP contribution is 2.12. The lowest BCUT2D eigenvalue weighted by Gasteiger charge is -2.20. The summed E-state index contributed by atoms with van der Waals surface area (Å²) in [4.78, 5) is 25.1. The van der Waals surface area contributed by atoms with Crippen molar-refractivity contribution in [1.82, 2.24) is 0 Å². The van der Waals surface area contributed by atoms with E-state index in [-0.39, 0.29) is 24.0 Å². The van der Waals surface area contributed by atoms with Crippen LogP contribution in [0.25, 0.3) is 0 Å². The van der Waals surface area contributed by atoms with Crippen LogP contribution in [-0.4, -0.2) is 31.4 Å². The molecule has 2 rings (SSSR count). The van der Waals surface area contributed by atoms with E-state index in [1.165, 1.54) is 12.1 Å². The van der Waals surface area contributed by atoms with Gasteiger partial charge in [-0.05, 0) is 38.1 Å². The maximum Gasteiger partial charge on any atom is 0.282 e. The van der Waals surface area contributed by atoms with Crippen LogP contribution in [0.1, 0.15) is 12.5 Å². The monoisotopic (exact) mass is 344 g/mol. The lowest BCUT2D eigenvalue weighted by atomic mass is 10.2. The van der Waals surface area contributed by atoms with Gasteiger partial charge in [0.25, 0.3) is 11.8 Å². The Balaban J connectivity index is 1.89. The van der Waals surface area contributed by atoms with E-state index in [9.17, 15) is 14.0 Å². The summed E-state index contributed by atoms with van der Waals surface area (Å²) in [6.07, 6.45) is 0. The van der Waals surface area contributed by atoms with E-state index < -0.39 is 11.9 Å². The molecule has 0 aliphatic carbocycles. The Hall–Kier alpha value is -2.73. The lowest BCUT2D eigenvalue weighted by molar-refractivity contribution is -0.885. The van der Waals surface area contributed by atoms with Crippen LogP contribution in [0, 0.1) is 12.7 Å². The van der Waals surface area contributed by atoms with Crippen molar-refractivity contribution in [2.24, 2.45) is 0 Å². The van der Waals surface area contributed by atoms with Crippen molar-refractivity contribution in [3.63, 3.8) is 0 Å². The molecule has 132 valence electrons. The highest BCUT2D eigenvalue weighted by molar-refractivity contribution is 5.94. The number of benzene rings is 2. The molecule has 0 spiro atoms. The number of aryl methyl sites for hydroxylation is 1. The largest absolute Gasteiger partial charge is 0.321 e. The van der Waals surface area contributed by atoms with Gasteiger partial charge in [0, 0.05) is 5.69 Å². The molecule has 2 amide bonds. The quantitative estimate of drug-likeness (QED) is 0.746. The van der Waals surface area contributed by atoms with Gasteiger partial charge < -0.3 is 15.5 Å². The Labute approximate surface area is 146 Å². The number of halogens is 1. The van der Waals surface area contributed by atoms with Crippen molar-refractivity contribution in [3.8, 4) is 0 Å². The molecule has 0 bridgehead atoms. The van der Waals surface area contributed by atoms with Crippen LogP contribution in [0.4, 0.5) is 15.8 Å². The number of carbonyl (C=O) groups is 2. The number of para-hydroxylation sites is 1. The molecule has 0 aliphatic rings. The fourth-order valence-electron chi connectivity index (χ4n) is 2.28. The number of hydrogen-bond donors (Lipinski definition) is 3. The third-order valence-corrected chi connectivity index (χ3v) is 4.04. The molecule has 0 saturated heterocycles. The Bertz CT molecular complexity index is 747. The zero-order valence-electron chi connectivity index (χ0n) is 14.6. The number of likely N-dealkylation sites (N-methyl/N-ethyl adjacent to an activating group) is 1. The van der Waals surface area contributed by atoms with E-state index in [4.69, 9.17) is 0 Å². The molecule has 25 heavy (non-hydrogen) atoms. The van der Waals surface area contributed by atoms with Gasteiger partial charge in [-0.25, -0.2) is 4.39 Å². The van der Waals surface area contributed by atoms with Crippen LogP contribution in [0.3, 0.4) is 0 Å². The van der Waals surface area contributed by atoms with E-state index in [0.29, 0.717) is 10.6 Å². The van der Waals surface area contributed by atoms with Crippen LogP contribution in [0.5, 0.6) is 0 Å². The maximum atomic E-state index is 13.6. The van der Waals surface area contributed by atoms with Crippen LogP contribution < -0.4 is 15.5 Å². The van der Waals surface area contributed by atoms with Crippen molar-refractivity contribution in [2.75, 3.05) is 24.2 Å². The topological polar surface area (TPSA) is 62.6 Å². The Morgan fingerprint density at radius 1 is 1.08 bits per heavy atom. The van der Waals surface area contributed by atoms with Crippen molar-refractivity contribution >= 4 is 23.2 Å². The van der Waals surface area contributed by atoms with Crippen LogP contribution in [0.2, 0.25) is 0 Å². The number of anilines is 2. The van der Waals surface area contributed by atoms with E-state index in [1.54, 1.807) is 26.1 Å². The minimum atomic E-state index is -0.511. The standard InChI is InChI=1S/C19H22FN3O2/c1-13-8-10-15(11-9-13)21-18(24)12-23(3)14(2)19(25)22-17-7-5-4-6-16(17)20/h4-11,14H,12H2,1-3H3,(H,21,24)(H,22,25)/p+1/t14-/m0/s1. The zero-order chi connectivity index (χ0) is 18.4. The van der Waals surface area contributed by atoms with Gasteiger partial charge in [-0.15, -0.1) is 0 Å². The summed E-state index contributed by atoms with van der Waals surface area (Å²) in [5.74, 6) is -1.02. The zero-order valence-corrected chi connectivity index (χ0v) is 14.6. The minimum absolute atomic E-state index is 0.125. The third-order valence-electron chi connectivity index (χ3n) is 4.04. The first kappa shape index (κ1) is 18.6. The van der Waals surface area contributed by atoms with Gasteiger partial charge in [0.2, 0.25) is 0 Å². The van der Waals surface area contributed by atoms with E-state index >= 15 is 0 Å². The molecule has 6 heteroatoms. The smallest absolute Gasteiger partial charge is 0.282 e. The first-order valence-corrected chi connectivity index (χ1v) is 8.11. The molecule has 2 atom stereocenters. The summed E-state index contributed by atoms with van der Waals surface area (Å²) in [5.41, 5.74) is 1.96. The molecule has 0 heterocycles. The van der Waals surface area contributed by atoms with Gasteiger partial charge in [-0.1, -0.05) is 29.8 Å². The molecule has 2 aromatic carbocycles. The summed E-state index contributed by atoms with van der Waals surface area (Å²) < 4.78 is 13.6. The fourth-order valence-corrected chi connectivity index (χ4v) is 2.28. The third kappa shape index (κ3) is 5.39. The van der Waals surface area contributed by atoms with Gasteiger partial charge >= 0.3 is 0 Å². The minimum Gasteiger partial charge on any atom is -0.321 e. The lowest BCUT2D eigenvalue weighted by Crippen LogP contribution is -3.14. The van der Waals surface area contributed by atoms with Crippen molar-refractivity contribution in [3.05, 3.63) is 59.9 Å². The van der Waals surface area contributed by atoms with E-state index in [1.807, 2.05) is 31.2 Å². The van der Waals surface area contributed by atoms with Gasteiger partial charge in [-0.2, -0.15) is 0 Å². The molecule has 0 fully saturated rings. The van der Waals surface area contributed by atoms with Crippen LogP contribution in [0.15, 0.2) is 48.5 Å². The molecule has 0 saturated carbocycles. The molecular formula is C19H23FN3O2+. The number of rotatable bonds is 6. The van der Waals surface area contributed by atoms with E-state index in [2.05, 4.69) is 10.6 Å². The second-order valence-corrected chi connectivity index (χ2v) is 6.13. The average Bonchev–Trinajstić information content (AvgIpc) is 2.58. The van der Waals surface area contributed by atoms with Gasteiger partial charge in [-0.3, -0.25) is 9.59 Å². The van der Waals surface area contributed by atoms with Crippen LogP contribution in [-0.2, 0) is 9.59 Å². The summed E-state index contributed by atoms with van der Waals surface area (Å²) in [6, 6.07) is 13.0. The Morgan fingerprint density at radius 2 is 1.72 bits per heavy atom. The van der Waals surface area contributed by atoms with Gasteiger partial charge in [0.1, 0.15) is 5.82 Å². The summed E-state index contributed by atoms with van der Waals surface area (Å²) in [6.45, 7) is 3.80. The summed E-state index contributed by atoms with van der Waals surface area (Å²) in [7, 11) is 1.75. The van der Waals surface area contributed by atoms with Crippen LogP contribution >= 0.6 is 0 Å². The number of nitrogens with one attached hydrogen (secondary N) is 3. The first-order chi connectivity index (χ1) is 11.9. The molecule has 0 aliphatic heterocycles. The molecular weight excluding hydrogens is 321 g/mol. The molecule has 0 radical (unpaired) electrons. The predicted molar refractivity (Wildman–Crippen MR) is 96.1 cm³/mol. The molecule has 5 nitrogen and oxygen atoms in total. The van der Waals surface area contributed by atoms with E-state index in [0.717, 1.165) is 5.56 Å².